The Morgan fingerprint density at radius 2 is 1.06 bits per heavy atom. The number of rotatable bonds is 2. The number of fused-ring (bicyclic) bond motifs is 4. The zero-order valence-corrected chi connectivity index (χ0v) is 20.4. The van der Waals surface area contributed by atoms with Crippen molar-refractivity contribution < 1.29 is 0 Å². The van der Waals surface area contributed by atoms with Gasteiger partial charge < -0.3 is 9.97 Å². The van der Waals surface area contributed by atoms with Gasteiger partial charge in [-0.2, -0.15) is 0 Å². The molecule has 0 saturated heterocycles. The third-order valence-corrected chi connectivity index (χ3v) is 8.27. The summed E-state index contributed by atoms with van der Waals surface area (Å²) in [5, 5.41) is 7.64. The summed E-state index contributed by atoms with van der Waals surface area (Å²) >= 11 is 7.74. The highest BCUT2D eigenvalue weighted by Gasteiger charge is 2.18. The number of hydrogen-bond acceptors (Lipinski definition) is 0. The molecule has 2 N–H and O–H groups in total. The van der Waals surface area contributed by atoms with Crippen molar-refractivity contribution in [1.82, 2.24) is 9.97 Å². The molecule has 6 aromatic rings. The molecule has 0 aliphatic heterocycles. The van der Waals surface area contributed by atoms with Crippen LogP contribution in [0.1, 0.15) is 22.3 Å². The number of aryl methyl sites for hydroxylation is 2. The summed E-state index contributed by atoms with van der Waals surface area (Å²) in [5.41, 5.74) is 7.79. The Balaban J connectivity index is 1.60. The molecular formula is C27H20Br2N2. The van der Waals surface area contributed by atoms with Crippen LogP contribution in [0.25, 0.3) is 43.4 Å². The molecule has 4 heteroatoms. The molecule has 0 aliphatic rings. The fourth-order valence-electron chi connectivity index (χ4n) is 4.95. The molecule has 0 spiro atoms. The number of nitrogens with one attached hydrogen (secondary N) is 2. The van der Waals surface area contributed by atoms with Crippen LogP contribution in [0, 0.1) is 13.8 Å². The number of H-pyrrole nitrogens is 2. The van der Waals surface area contributed by atoms with Crippen molar-refractivity contribution in [2.24, 2.45) is 0 Å². The number of pyridine rings is 2. The lowest BCUT2D eigenvalue weighted by Gasteiger charge is -2.09. The van der Waals surface area contributed by atoms with E-state index in [-0.39, 0.29) is 0 Å². The fourth-order valence-corrected chi connectivity index (χ4v) is 6.30. The smallest absolute Gasteiger partial charge is 0.0471 e. The maximum atomic E-state index is 3.87. The number of benzene rings is 2. The van der Waals surface area contributed by atoms with Crippen LogP contribution in [-0.4, -0.2) is 9.97 Å². The minimum absolute atomic E-state index is 0.917. The van der Waals surface area contributed by atoms with Crippen molar-refractivity contribution >= 4 is 75.2 Å². The molecular weight excluding hydrogens is 512 g/mol. The van der Waals surface area contributed by atoms with E-state index in [1.165, 1.54) is 63.5 Å². The predicted octanol–water partition coefficient (Wildman–Crippen LogP) is 8.69. The summed E-state index contributed by atoms with van der Waals surface area (Å²) in [5.74, 6) is 0. The van der Waals surface area contributed by atoms with Crippen molar-refractivity contribution in [2.75, 3.05) is 0 Å². The highest BCUT2D eigenvalue weighted by molar-refractivity contribution is 9.11. The van der Waals surface area contributed by atoms with E-state index < -0.39 is 0 Å². The number of hydrogen-bond donors (Lipinski definition) is 2. The zero-order chi connectivity index (χ0) is 21.3. The fraction of sp³-hybridized carbons (Fsp3) is 0.111. The summed E-state index contributed by atoms with van der Waals surface area (Å²) < 4.78 is 2.33. The second-order valence-corrected chi connectivity index (χ2v) is 9.94. The minimum atomic E-state index is 0.917. The van der Waals surface area contributed by atoms with Crippen LogP contribution in [-0.2, 0) is 6.42 Å². The lowest BCUT2D eigenvalue weighted by molar-refractivity contribution is 1.19. The van der Waals surface area contributed by atoms with E-state index in [2.05, 4.69) is 92.1 Å². The average molecular weight is 532 g/mol. The lowest BCUT2D eigenvalue weighted by Crippen LogP contribution is -1.91. The number of halogens is 2. The first-order valence-corrected chi connectivity index (χ1v) is 12.0. The van der Waals surface area contributed by atoms with Gasteiger partial charge in [-0.1, -0.05) is 12.1 Å². The summed E-state index contributed by atoms with van der Waals surface area (Å²) in [4.78, 5) is 6.81. The number of aromatic nitrogens is 2. The van der Waals surface area contributed by atoms with Crippen molar-refractivity contribution in [3.05, 3.63) is 92.1 Å². The van der Waals surface area contributed by atoms with Gasteiger partial charge in [-0.3, -0.25) is 0 Å². The van der Waals surface area contributed by atoms with Gasteiger partial charge in [0.2, 0.25) is 0 Å². The van der Waals surface area contributed by atoms with E-state index in [4.69, 9.17) is 0 Å². The van der Waals surface area contributed by atoms with Crippen molar-refractivity contribution in [3.8, 4) is 0 Å². The van der Waals surface area contributed by atoms with E-state index in [1.807, 2.05) is 24.5 Å². The maximum Gasteiger partial charge on any atom is 0.0471 e. The molecule has 31 heavy (non-hydrogen) atoms. The highest BCUT2D eigenvalue weighted by Crippen LogP contribution is 2.41. The Morgan fingerprint density at radius 3 is 1.52 bits per heavy atom. The molecule has 0 saturated carbocycles. The van der Waals surface area contributed by atoms with Gasteiger partial charge >= 0.3 is 0 Å². The van der Waals surface area contributed by atoms with Crippen LogP contribution in [0.2, 0.25) is 0 Å². The second-order valence-electron chi connectivity index (χ2n) is 8.35. The van der Waals surface area contributed by atoms with Gasteiger partial charge in [-0.05, 0) is 132 Å². The molecule has 0 atom stereocenters. The number of aromatic amines is 2. The van der Waals surface area contributed by atoms with Crippen LogP contribution >= 0.6 is 31.9 Å². The van der Waals surface area contributed by atoms with Crippen molar-refractivity contribution in [1.29, 1.82) is 0 Å². The highest BCUT2D eigenvalue weighted by atomic mass is 79.9. The maximum absolute atomic E-state index is 3.87. The Morgan fingerprint density at radius 1 is 0.613 bits per heavy atom. The Labute approximate surface area is 196 Å². The summed E-state index contributed by atoms with van der Waals surface area (Å²) in [6.07, 6.45) is 4.90. The average Bonchev–Trinajstić information content (AvgIpc) is 3.26. The van der Waals surface area contributed by atoms with Crippen molar-refractivity contribution in [3.63, 3.8) is 0 Å². The summed E-state index contributed by atoms with van der Waals surface area (Å²) in [6.45, 7) is 4.46. The molecule has 0 fully saturated rings. The van der Waals surface area contributed by atoms with Crippen molar-refractivity contribution in [2.45, 2.75) is 20.3 Å². The van der Waals surface area contributed by atoms with Gasteiger partial charge in [0, 0.05) is 43.1 Å². The van der Waals surface area contributed by atoms with E-state index in [1.54, 1.807) is 0 Å². The van der Waals surface area contributed by atoms with Crippen LogP contribution in [0.5, 0.6) is 0 Å². The summed E-state index contributed by atoms with van der Waals surface area (Å²) in [7, 11) is 0. The third-order valence-electron chi connectivity index (χ3n) is 6.56. The Kier molecular flexibility index (Phi) is 4.31. The monoisotopic (exact) mass is 530 g/mol. The van der Waals surface area contributed by atoms with Crippen LogP contribution in [0.3, 0.4) is 0 Å². The van der Waals surface area contributed by atoms with Gasteiger partial charge in [0.1, 0.15) is 0 Å². The molecule has 0 bridgehead atoms. The standard InChI is InChI=1S/C27H20Br2N2/c1-14-9-22-20(12-24-16(26(22)28)5-3-7-30-24)18(14)11-19-15(2)10-23-21(19)13-25-17(27(23)29)6-4-8-31-25/h3-10,12-13,30-31H,11H2,1-2H3. The van der Waals surface area contributed by atoms with E-state index in [0.29, 0.717) is 0 Å². The summed E-state index contributed by atoms with van der Waals surface area (Å²) in [6, 6.07) is 17.7. The zero-order valence-electron chi connectivity index (χ0n) is 17.2. The van der Waals surface area contributed by atoms with Gasteiger partial charge in [-0.15, -0.1) is 0 Å². The molecule has 0 radical (unpaired) electrons. The van der Waals surface area contributed by atoms with Crippen LogP contribution in [0.4, 0.5) is 0 Å². The molecule has 6 rings (SSSR count). The molecule has 0 unspecified atom stereocenters. The van der Waals surface area contributed by atoms with Crippen LogP contribution in [0.15, 0.2) is 69.9 Å². The largest absolute Gasteiger partial charge is 0.361 e. The normalized spacial score (nSPS) is 12.0. The predicted molar refractivity (Wildman–Crippen MR) is 139 cm³/mol. The van der Waals surface area contributed by atoms with Gasteiger partial charge in [-0.25, -0.2) is 0 Å². The van der Waals surface area contributed by atoms with Gasteiger partial charge in [0.05, 0.1) is 0 Å². The minimum Gasteiger partial charge on any atom is -0.361 e. The van der Waals surface area contributed by atoms with Gasteiger partial charge in [0.25, 0.3) is 0 Å². The Hall–Kier alpha value is -2.56. The molecule has 2 aromatic heterocycles. The first-order valence-electron chi connectivity index (χ1n) is 10.4. The second kappa shape index (κ2) is 6.98. The lowest BCUT2D eigenvalue weighted by atomic mass is 9.98. The molecule has 0 aliphatic carbocycles. The molecule has 2 nitrogen and oxygen atoms in total. The molecule has 152 valence electrons. The quantitative estimate of drug-likeness (QED) is 0.224. The molecule has 0 amide bonds. The van der Waals surface area contributed by atoms with Gasteiger partial charge in [0.15, 0.2) is 0 Å². The van der Waals surface area contributed by atoms with Crippen LogP contribution < -0.4 is 0 Å². The molecule has 2 heterocycles. The van der Waals surface area contributed by atoms with E-state index in [9.17, 15) is 0 Å². The SMILES string of the molecule is Cc1cc2c(Br)c3ccc[nH]c3cc2c1Cc1c(C)cc2c(Br)c3ccc[nH]c3cc12. The van der Waals surface area contributed by atoms with E-state index >= 15 is 0 Å². The first-order chi connectivity index (χ1) is 15.0. The molecule has 4 aromatic carbocycles. The Bertz CT molecular complexity index is 1530. The first kappa shape index (κ1) is 19.1. The topological polar surface area (TPSA) is 31.6 Å². The van der Waals surface area contributed by atoms with E-state index in [0.717, 1.165) is 17.5 Å². The third kappa shape index (κ3) is 2.81.